The van der Waals surface area contributed by atoms with Gasteiger partial charge in [0.1, 0.15) is 17.9 Å². The van der Waals surface area contributed by atoms with Crippen molar-refractivity contribution in [1.29, 1.82) is 0 Å². The van der Waals surface area contributed by atoms with Gasteiger partial charge in [0, 0.05) is 47.6 Å². The number of halogens is 4. The minimum absolute atomic E-state index is 0.00354. The van der Waals surface area contributed by atoms with Crippen LogP contribution in [0.3, 0.4) is 0 Å². The zero-order chi connectivity index (χ0) is 29.3. The van der Waals surface area contributed by atoms with Gasteiger partial charge in [-0.05, 0) is 36.8 Å². The Bertz CT molecular complexity index is 1550. The van der Waals surface area contributed by atoms with Gasteiger partial charge in [-0.2, -0.15) is 0 Å². The molecule has 5 rings (SSSR count). The number of anilines is 2. The van der Waals surface area contributed by atoms with Crippen LogP contribution < -0.4 is 15.1 Å². The molecular formula is C29H23ClF3N5O3. The highest BCUT2D eigenvalue weighted by Crippen LogP contribution is 2.40. The highest BCUT2D eigenvalue weighted by atomic mass is 35.5. The van der Waals surface area contributed by atoms with Crippen molar-refractivity contribution in [3.05, 3.63) is 94.6 Å². The number of aromatic nitrogens is 1. The maximum atomic E-state index is 14.5. The van der Waals surface area contributed by atoms with E-state index in [2.05, 4.69) is 15.1 Å². The molecule has 2 heterocycles. The normalized spacial score (nSPS) is 18.8. The summed E-state index contributed by atoms with van der Waals surface area (Å²) in [6.07, 6.45) is -1.08. The van der Waals surface area contributed by atoms with Gasteiger partial charge in [0.25, 0.3) is 17.6 Å². The van der Waals surface area contributed by atoms with Gasteiger partial charge in [0.15, 0.2) is 0 Å². The first-order chi connectivity index (χ1) is 19.6. The summed E-state index contributed by atoms with van der Waals surface area (Å²) in [7, 11) is 0. The van der Waals surface area contributed by atoms with E-state index in [9.17, 15) is 27.6 Å². The molecule has 2 aromatic carbocycles. The fourth-order valence-electron chi connectivity index (χ4n) is 5.14. The number of pyridine rings is 1. The second-order valence-electron chi connectivity index (χ2n) is 9.87. The van der Waals surface area contributed by atoms with Crippen molar-refractivity contribution in [2.45, 2.75) is 49.7 Å². The molecule has 2 aliphatic rings. The molecule has 210 valence electrons. The lowest BCUT2D eigenvalue weighted by atomic mass is 9.87. The number of amides is 3. The Morgan fingerprint density at radius 3 is 2.54 bits per heavy atom. The van der Waals surface area contributed by atoms with Crippen LogP contribution in [0.15, 0.2) is 66.7 Å². The summed E-state index contributed by atoms with van der Waals surface area (Å²) in [6.45, 7) is 7.26. The van der Waals surface area contributed by atoms with Crippen molar-refractivity contribution in [3.63, 3.8) is 0 Å². The smallest absolute Gasteiger partial charge is 0.271 e. The fourth-order valence-corrected chi connectivity index (χ4v) is 5.38. The number of nitrogens with zero attached hydrogens (tertiary/aromatic N) is 4. The molecule has 3 amide bonds. The molecule has 3 aromatic rings. The average molecular weight is 582 g/mol. The van der Waals surface area contributed by atoms with Gasteiger partial charge in [0.2, 0.25) is 17.6 Å². The van der Waals surface area contributed by atoms with Crippen LogP contribution in [0.25, 0.3) is 4.85 Å². The van der Waals surface area contributed by atoms with Crippen LogP contribution in [0, 0.1) is 12.4 Å². The van der Waals surface area contributed by atoms with E-state index in [4.69, 9.17) is 18.2 Å². The maximum absolute atomic E-state index is 14.5. The van der Waals surface area contributed by atoms with Gasteiger partial charge >= 0.3 is 0 Å². The van der Waals surface area contributed by atoms with Crippen LogP contribution in [0.2, 0.25) is 5.02 Å². The molecule has 1 N–H and O–H groups in total. The quantitative estimate of drug-likeness (QED) is 0.368. The summed E-state index contributed by atoms with van der Waals surface area (Å²) < 4.78 is 41.7. The number of hydrogen-bond acceptors (Lipinski definition) is 4. The Labute approximate surface area is 238 Å². The molecule has 0 bridgehead atoms. The fraction of sp³-hybridized carbons (Fsp3) is 0.276. The third kappa shape index (κ3) is 5.74. The molecule has 2 fully saturated rings. The summed E-state index contributed by atoms with van der Waals surface area (Å²) in [6, 6.07) is 12.2. The number of benzene rings is 2. The lowest BCUT2D eigenvalue weighted by Crippen LogP contribution is -2.56. The van der Waals surface area contributed by atoms with E-state index >= 15 is 0 Å². The molecule has 1 aromatic heterocycles. The Hall–Kier alpha value is -4.43. The van der Waals surface area contributed by atoms with E-state index in [0.29, 0.717) is 0 Å². The van der Waals surface area contributed by atoms with Crippen molar-refractivity contribution >= 4 is 46.6 Å². The number of hydrogen-bond donors (Lipinski definition) is 1. The zero-order valence-corrected chi connectivity index (χ0v) is 22.2. The SMILES string of the molecule is [C-]#[N+]c1cccc(N2C(=O)CC[C@H]2C(=O)N(c2cccc(F)c2)C(C(=O)NC2CC(F)(F)C2)c2ccccc2Cl)n1. The molecule has 1 saturated heterocycles. The van der Waals surface area contributed by atoms with Crippen LogP contribution in [-0.2, 0) is 14.4 Å². The Morgan fingerprint density at radius 2 is 1.85 bits per heavy atom. The van der Waals surface area contributed by atoms with Crippen LogP contribution in [-0.4, -0.2) is 40.7 Å². The molecule has 0 spiro atoms. The minimum atomic E-state index is -2.91. The van der Waals surface area contributed by atoms with E-state index in [1.54, 1.807) is 12.1 Å². The number of rotatable bonds is 7. The van der Waals surface area contributed by atoms with E-state index in [1.807, 2.05) is 0 Å². The Kier molecular flexibility index (Phi) is 7.69. The van der Waals surface area contributed by atoms with Crippen molar-refractivity contribution in [2.24, 2.45) is 0 Å². The lowest BCUT2D eigenvalue weighted by Gasteiger charge is -2.39. The van der Waals surface area contributed by atoms with E-state index in [1.165, 1.54) is 48.5 Å². The van der Waals surface area contributed by atoms with Gasteiger partial charge in [-0.1, -0.05) is 48.5 Å². The first kappa shape index (κ1) is 28.1. The average Bonchev–Trinajstić information content (AvgIpc) is 3.32. The first-order valence-corrected chi connectivity index (χ1v) is 13.1. The van der Waals surface area contributed by atoms with Gasteiger partial charge in [0.05, 0.1) is 0 Å². The summed E-state index contributed by atoms with van der Waals surface area (Å²) in [5.41, 5.74) is 0.176. The molecule has 1 saturated carbocycles. The van der Waals surface area contributed by atoms with Gasteiger partial charge in [-0.15, -0.1) is 4.98 Å². The molecular weight excluding hydrogens is 559 g/mol. The number of nitrogens with one attached hydrogen (secondary N) is 1. The molecule has 1 unspecified atom stereocenters. The lowest BCUT2D eigenvalue weighted by molar-refractivity contribution is -0.133. The number of carbonyl (C=O) groups excluding carboxylic acids is 3. The highest BCUT2D eigenvalue weighted by Gasteiger charge is 2.49. The first-order valence-electron chi connectivity index (χ1n) is 12.8. The Balaban J connectivity index is 1.61. The van der Waals surface area contributed by atoms with Crippen molar-refractivity contribution in [1.82, 2.24) is 10.3 Å². The van der Waals surface area contributed by atoms with E-state index in [-0.39, 0.29) is 40.8 Å². The van der Waals surface area contributed by atoms with Crippen molar-refractivity contribution in [2.75, 3.05) is 9.80 Å². The molecule has 41 heavy (non-hydrogen) atoms. The summed E-state index contributed by atoms with van der Waals surface area (Å²) in [5, 5.41) is 2.70. The van der Waals surface area contributed by atoms with Crippen LogP contribution in [0.5, 0.6) is 0 Å². The predicted octanol–water partition coefficient (Wildman–Crippen LogP) is 5.61. The van der Waals surface area contributed by atoms with Crippen LogP contribution in [0.1, 0.15) is 37.3 Å². The standard InChI is InChI=1S/C29H23ClF3N5O3/c1-34-23-10-5-11-24(36-23)38-22(12-13-25(38)39)28(41)37(19-7-4-6-17(31)14-19)26(20-8-2-3-9-21(20)30)27(40)35-18-15-29(32,33)16-18/h2-11,14,18,22,26H,12-13,15-16H2,(H,35,40)/t22-,26?/m0/s1. The minimum Gasteiger partial charge on any atom is -0.361 e. The monoisotopic (exact) mass is 581 g/mol. The molecule has 0 radical (unpaired) electrons. The number of carbonyl (C=O) groups is 3. The molecule has 1 aliphatic heterocycles. The second kappa shape index (κ2) is 11.2. The topological polar surface area (TPSA) is 87.0 Å². The van der Waals surface area contributed by atoms with Crippen LogP contribution in [0.4, 0.5) is 30.5 Å². The summed E-state index contributed by atoms with van der Waals surface area (Å²) in [5.74, 6) is -5.46. The summed E-state index contributed by atoms with van der Waals surface area (Å²) in [4.78, 5) is 50.9. The second-order valence-corrected chi connectivity index (χ2v) is 10.3. The van der Waals surface area contributed by atoms with Gasteiger partial charge in [-0.25, -0.2) is 13.2 Å². The summed E-state index contributed by atoms with van der Waals surface area (Å²) >= 11 is 6.49. The van der Waals surface area contributed by atoms with E-state index < -0.39 is 60.4 Å². The largest absolute Gasteiger partial charge is 0.361 e. The maximum Gasteiger partial charge on any atom is 0.271 e. The molecule has 2 atom stereocenters. The van der Waals surface area contributed by atoms with Gasteiger partial charge < -0.3 is 10.2 Å². The third-order valence-electron chi connectivity index (χ3n) is 7.04. The highest BCUT2D eigenvalue weighted by molar-refractivity contribution is 6.31. The molecule has 12 heteroatoms. The Morgan fingerprint density at radius 1 is 1.12 bits per heavy atom. The van der Waals surface area contributed by atoms with Crippen LogP contribution >= 0.6 is 11.6 Å². The van der Waals surface area contributed by atoms with Gasteiger partial charge in [-0.3, -0.25) is 24.2 Å². The van der Waals surface area contributed by atoms with E-state index in [0.717, 1.165) is 15.9 Å². The zero-order valence-electron chi connectivity index (χ0n) is 21.4. The number of alkyl halides is 2. The molecule has 8 nitrogen and oxygen atoms in total. The van der Waals surface area contributed by atoms with Crippen molar-refractivity contribution in [3.8, 4) is 0 Å². The van der Waals surface area contributed by atoms with Crippen molar-refractivity contribution < 1.29 is 27.6 Å². The third-order valence-corrected chi connectivity index (χ3v) is 7.39. The molecule has 1 aliphatic carbocycles. The predicted molar refractivity (Wildman–Crippen MR) is 145 cm³/mol.